The van der Waals surface area contributed by atoms with Gasteiger partial charge in [0.1, 0.15) is 5.75 Å². The Labute approximate surface area is 115 Å². The van der Waals surface area contributed by atoms with Crippen LogP contribution in [0.3, 0.4) is 0 Å². The molecule has 0 spiro atoms. The Hall–Kier alpha value is -1.51. The molecule has 0 unspecified atom stereocenters. The molecule has 104 valence electrons. The highest BCUT2D eigenvalue weighted by Gasteiger charge is 2.17. The first-order chi connectivity index (χ1) is 9.18. The van der Waals surface area contributed by atoms with E-state index in [1.807, 2.05) is 19.1 Å². The van der Waals surface area contributed by atoms with E-state index < -0.39 is 0 Å². The van der Waals surface area contributed by atoms with Crippen LogP contribution in [0.25, 0.3) is 0 Å². The first kappa shape index (κ1) is 13.9. The third-order valence-corrected chi connectivity index (χ3v) is 3.92. The lowest BCUT2D eigenvalue weighted by atomic mass is 9.96. The summed E-state index contributed by atoms with van der Waals surface area (Å²) in [6.45, 7) is 1.81. The number of rotatable bonds is 2. The molecule has 1 aromatic carbocycles. The van der Waals surface area contributed by atoms with Gasteiger partial charge < -0.3 is 10.4 Å². The normalized spacial score (nSPS) is 17.5. The summed E-state index contributed by atoms with van der Waals surface area (Å²) in [6.07, 6.45) is 8.33. The van der Waals surface area contributed by atoms with E-state index in [1.165, 1.54) is 32.1 Å². The van der Waals surface area contributed by atoms with Gasteiger partial charge in [-0.15, -0.1) is 0 Å². The summed E-state index contributed by atoms with van der Waals surface area (Å²) < 4.78 is 0. The number of phenolic OH excluding ortho intramolecular Hbond substituents is 1. The van der Waals surface area contributed by atoms with Gasteiger partial charge in [-0.2, -0.15) is 0 Å². The Kier molecular flexibility index (Phi) is 4.83. The minimum atomic E-state index is -0.147. The molecule has 0 aliphatic heterocycles. The fourth-order valence-corrected chi connectivity index (χ4v) is 2.71. The van der Waals surface area contributed by atoms with E-state index in [4.69, 9.17) is 0 Å². The Morgan fingerprint density at radius 1 is 1.16 bits per heavy atom. The number of benzene rings is 1. The molecule has 3 nitrogen and oxygen atoms in total. The summed E-state index contributed by atoms with van der Waals surface area (Å²) in [5.74, 6) is -0.0439. The topological polar surface area (TPSA) is 49.3 Å². The molecule has 2 N–H and O–H groups in total. The zero-order chi connectivity index (χ0) is 13.7. The molecule has 1 aromatic rings. The van der Waals surface area contributed by atoms with Crippen LogP contribution in [0.2, 0.25) is 0 Å². The lowest BCUT2D eigenvalue weighted by Gasteiger charge is -2.21. The maximum Gasteiger partial charge on any atom is 0.255 e. The van der Waals surface area contributed by atoms with Crippen molar-refractivity contribution >= 4 is 5.91 Å². The van der Waals surface area contributed by atoms with Gasteiger partial charge in [0.05, 0.1) is 5.56 Å². The van der Waals surface area contributed by atoms with Crippen LogP contribution in [0.4, 0.5) is 0 Å². The molecular formula is C16H23NO2. The zero-order valence-electron chi connectivity index (χ0n) is 11.6. The molecule has 0 atom stereocenters. The van der Waals surface area contributed by atoms with Crippen molar-refractivity contribution in [3.05, 3.63) is 29.3 Å². The molecule has 1 aliphatic rings. The maximum atomic E-state index is 12.2. The van der Waals surface area contributed by atoms with Crippen molar-refractivity contribution < 1.29 is 9.90 Å². The van der Waals surface area contributed by atoms with Gasteiger partial charge in [-0.25, -0.2) is 0 Å². The van der Waals surface area contributed by atoms with E-state index in [0.717, 1.165) is 18.4 Å². The molecule has 3 heteroatoms. The third-order valence-electron chi connectivity index (χ3n) is 3.92. The second-order valence-electron chi connectivity index (χ2n) is 5.49. The van der Waals surface area contributed by atoms with Crippen LogP contribution in [0, 0.1) is 6.92 Å². The smallest absolute Gasteiger partial charge is 0.255 e. The van der Waals surface area contributed by atoms with E-state index in [-0.39, 0.29) is 17.7 Å². The predicted molar refractivity (Wildman–Crippen MR) is 76.4 cm³/mol. The fourth-order valence-electron chi connectivity index (χ4n) is 2.71. The Morgan fingerprint density at radius 2 is 1.79 bits per heavy atom. The van der Waals surface area contributed by atoms with Gasteiger partial charge in [0.2, 0.25) is 0 Å². The lowest BCUT2D eigenvalue weighted by Crippen LogP contribution is -2.35. The van der Waals surface area contributed by atoms with Gasteiger partial charge in [0.25, 0.3) is 5.91 Å². The molecule has 1 amide bonds. The third kappa shape index (κ3) is 3.72. The SMILES string of the molecule is Cc1cccc(C(=O)NC2CCCCCCC2)c1O. The number of carbonyl (C=O) groups is 1. The maximum absolute atomic E-state index is 12.2. The molecule has 0 radical (unpaired) electrons. The monoisotopic (exact) mass is 261 g/mol. The summed E-state index contributed by atoms with van der Waals surface area (Å²) >= 11 is 0. The summed E-state index contributed by atoms with van der Waals surface area (Å²) in [5, 5.41) is 13.0. The summed E-state index contributed by atoms with van der Waals surface area (Å²) in [7, 11) is 0. The van der Waals surface area contributed by atoms with Crippen LogP contribution in [-0.4, -0.2) is 17.1 Å². The zero-order valence-corrected chi connectivity index (χ0v) is 11.6. The van der Waals surface area contributed by atoms with Gasteiger partial charge in [-0.3, -0.25) is 4.79 Å². The van der Waals surface area contributed by atoms with E-state index >= 15 is 0 Å². The second kappa shape index (κ2) is 6.60. The van der Waals surface area contributed by atoms with E-state index in [1.54, 1.807) is 6.07 Å². The first-order valence-corrected chi connectivity index (χ1v) is 7.28. The number of para-hydroxylation sites is 1. The fraction of sp³-hybridized carbons (Fsp3) is 0.562. The van der Waals surface area contributed by atoms with Crippen LogP contribution in [0.1, 0.15) is 60.9 Å². The van der Waals surface area contributed by atoms with Gasteiger partial charge in [-0.1, -0.05) is 44.2 Å². The molecule has 19 heavy (non-hydrogen) atoms. The number of hydrogen-bond acceptors (Lipinski definition) is 2. The molecule has 0 bridgehead atoms. The average Bonchev–Trinajstić information content (AvgIpc) is 2.35. The molecule has 2 rings (SSSR count). The number of hydrogen-bond donors (Lipinski definition) is 2. The molecular weight excluding hydrogens is 238 g/mol. The predicted octanol–water partition coefficient (Wildman–Crippen LogP) is 3.54. The van der Waals surface area contributed by atoms with E-state index in [0.29, 0.717) is 5.56 Å². The summed E-state index contributed by atoms with van der Waals surface area (Å²) in [5.41, 5.74) is 1.13. The number of phenols is 1. The molecule has 1 aliphatic carbocycles. The molecule has 1 saturated carbocycles. The van der Waals surface area contributed by atoms with Crippen LogP contribution in [0.5, 0.6) is 5.75 Å². The van der Waals surface area contributed by atoms with Crippen molar-refractivity contribution in [3.63, 3.8) is 0 Å². The van der Waals surface area contributed by atoms with E-state index in [9.17, 15) is 9.90 Å². The van der Waals surface area contributed by atoms with Crippen LogP contribution in [0.15, 0.2) is 18.2 Å². The van der Waals surface area contributed by atoms with Crippen LogP contribution in [-0.2, 0) is 0 Å². The lowest BCUT2D eigenvalue weighted by molar-refractivity contribution is 0.0927. The van der Waals surface area contributed by atoms with Crippen molar-refractivity contribution in [3.8, 4) is 5.75 Å². The standard InChI is InChI=1S/C16H23NO2/c1-12-8-7-11-14(15(12)18)16(19)17-13-9-5-3-2-4-6-10-13/h7-8,11,13,18H,2-6,9-10H2,1H3,(H,17,19). The van der Waals surface area contributed by atoms with Crippen molar-refractivity contribution in [1.82, 2.24) is 5.32 Å². The number of aromatic hydroxyl groups is 1. The van der Waals surface area contributed by atoms with Crippen molar-refractivity contribution in [1.29, 1.82) is 0 Å². The largest absolute Gasteiger partial charge is 0.507 e. The highest BCUT2D eigenvalue weighted by molar-refractivity contribution is 5.97. The first-order valence-electron chi connectivity index (χ1n) is 7.28. The molecule has 0 heterocycles. The second-order valence-corrected chi connectivity index (χ2v) is 5.49. The molecule has 0 saturated heterocycles. The van der Waals surface area contributed by atoms with Crippen LogP contribution < -0.4 is 5.32 Å². The average molecular weight is 261 g/mol. The Balaban J connectivity index is 2.01. The van der Waals surface area contributed by atoms with Gasteiger partial charge in [-0.05, 0) is 31.4 Å². The summed E-state index contributed by atoms with van der Waals surface area (Å²) in [4.78, 5) is 12.2. The van der Waals surface area contributed by atoms with Gasteiger partial charge in [0.15, 0.2) is 0 Å². The minimum Gasteiger partial charge on any atom is -0.507 e. The number of amides is 1. The number of aryl methyl sites for hydroxylation is 1. The van der Waals surface area contributed by atoms with Gasteiger partial charge in [0, 0.05) is 6.04 Å². The van der Waals surface area contributed by atoms with Gasteiger partial charge >= 0.3 is 0 Å². The Bertz CT molecular complexity index is 434. The van der Waals surface area contributed by atoms with Crippen molar-refractivity contribution in [2.24, 2.45) is 0 Å². The van der Waals surface area contributed by atoms with E-state index in [2.05, 4.69) is 5.32 Å². The van der Waals surface area contributed by atoms with Crippen molar-refractivity contribution in [2.45, 2.75) is 57.9 Å². The van der Waals surface area contributed by atoms with Crippen molar-refractivity contribution in [2.75, 3.05) is 0 Å². The number of nitrogens with one attached hydrogen (secondary N) is 1. The number of carbonyl (C=O) groups excluding carboxylic acids is 1. The van der Waals surface area contributed by atoms with Crippen LogP contribution >= 0.6 is 0 Å². The Morgan fingerprint density at radius 3 is 2.47 bits per heavy atom. The molecule has 0 aromatic heterocycles. The summed E-state index contributed by atoms with van der Waals surface area (Å²) in [6, 6.07) is 5.55. The quantitative estimate of drug-likeness (QED) is 0.855. The minimum absolute atomic E-state index is 0.103. The highest BCUT2D eigenvalue weighted by Crippen LogP contribution is 2.22. The molecule has 1 fully saturated rings. The highest BCUT2D eigenvalue weighted by atomic mass is 16.3.